The molecule has 6 heteroatoms. The summed E-state index contributed by atoms with van der Waals surface area (Å²) in [4.78, 5) is 16.4. The first-order valence-electron chi connectivity index (χ1n) is 10.3. The number of hydrogen-bond acceptors (Lipinski definition) is 5. The fraction of sp³-hybridized carbons (Fsp3) is 0.522. The molecule has 1 fully saturated rings. The van der Waals surface area contributed by atoms with Gasteiger partial charge in [0.25, 0.3) is 0 Å². The Kier molecular flexibility index (Phi) is 8.09. The molecule has 2 aromatic rings. The number of nitrogens with one attached hydrogen (secondary N) is 1. The van der Waals surface area contributed by atoms with Gasteiger partial charge in [0, 0.05) is 24.6 Å². The van der Waals surface area contributed by atoms with Crippen LogP contribution >= 0.6 is 11.3 Å². The van der Waals surface area contributed by atoms with Crippen LogP contribution in [0.3, 0.4) is 0 Å². The molecule has 1 aromatic carbocycles. The molecule has 0 spiro atoms. The molecule has 5 nitrogen and oxygen atoms in total. The van der Waals surface area contributed by atoms with Crippen LogP contribution in [-0.4, -0.2) is 43.7 Å². The highest BCUT2D eigenvalue weighted by atomic mass is 32.1. The molecule has 158 valence electrons. The average Bonchev–Trinajstić information content (AvgIpc) is 3.40. The molecule has 1 N–H and O–H groups in total. The molecule has 3 rings (SSSR count). The van der Waals surface area contributed by atoms with Crippen LogP contribution in [0.1, 0.15) is 43.2 Å². The van der Waals surface area contributed by atoms with E-state index in [9.17, 15) is 4.79 Å². The number of carbonyl (C=O) groups excluding carboxylic acids is 1. The molecule has 0 saturated carbocycles. The summed E-state index contributed by atoms with van der Waals surface area (Å²) in [6.45, 7) is 7.03. The molecule has 1 aliphatic rings. The van der Waals surface area contributed by atoms with Crippen molar-refractivity contribution in [1.29, 1.82) is 0 Å². The van der Waals surface area contributed by atoms with Crippen molar-refractivity contribution >= 4 is 17.2 Å². The minimum atomic E-state index is -0.0280. The number of carbonyl (C=O) groups is 1. The Morgan fingerprint density at radius 2 is 2.10 bits per heavy atom. The van der Waals surface area contributed by atoms with E-state index in [0.29, 0.717) is 6.54 Å². The Hall–Kier alpha value is -1.89. The van der Waals surface area contributed by atoms with E-state index in [1.807, 2.05) is 24.3 Å². The molecular formula is C23H32N2O3S. The van der Waals surface area contributed by atoms with E-state index in [2.05, 4.69) is 41.6 Å². The predicted molar refractivity (Wildman–Crippen MR) is 117 cm³/mol. The number of thiophene rings is 1. The molecular weight excluding hydrogens is 384 g/mol. The third-order valence-corrected chi connectivity index (χ3v) is 6.13. The van der Waals surface area contributed by atoms with Crippen LogP contribution in [0.15, 0.2) is 41.8 Å². The Morgan fingerprint density at radius 1 is 1.31 bits per heavy atom. The van der Waals surface area contributed by atoms with E-state index in [4.69, 9.17) is 9.47 Å². The van der Waals surface area contributed by atoms with Crippen molar-refractivity contribution in [3.63, 3.8) is 0 Å². The number of amides is 1. The standard InChI is InChI=1S/C23H32N2O3S/c1-17(2)23(18-8-10-19(27-3)11-9-18)24-22(26)16-25(14-20-6-4-12-28-20)15-21-7-5-13-29-21/h5,7-11,13,17,20,23H,4,6,12,14-16H2,1-3H3,(H,24,26). The number of hydrogen-bond donors (Lipinski definition) is 1. The highest BCUT2D eigenvalue weighted by Crippen LogP contribution is 2.24. The lowest BCUT2D eigenvalue weighted by Gasteiger charge is -2.27. The van der Waals surface area contributed by atoms with Crippen molar-refractivity contribution in [1.82, 2.24) is 10.2 Å². The summed E-state index contributed by atoms with van der Waals surface area (Å²) in [6, 6.07) is 12.1. The Balaban J connectivity index is 1.64. The van der Waals surface area contributed by atoms with Crippen LogP contribution < -0.4 is 10.1 Å². The van der Waals surface area contributed by atoms with Crippen LogP contribution in [0.2, 0.25) is 0 Å². The number of benzene rings is 1. The molecule has 2 heterocycles. The zero-order valence-electron chi connectivity index (χ0n) is 17.6. The van der Waals surface area contributed by atoms with Gasteiger partial charge >= 0.3 is 0 Å². The summed E-state index contributed by atoms with van der Waals surface area (Å²) in [7, 11) is 1.66. The van der Waals surface area contributed by atoms with Crippen LogP contribution in [0.25, 0.3) is 0 Å². The fourth-order valence-corrected chi connectivity index (χ4v) is 4.50. The first kappa shape index (κ1) is 21.8. The molecule has 1 aromatic heterocycles. The maximum Gasteiger partial charge on any atom is 0.234 e. The summed E-state index contributed by atoms with van der Waals surface area (Å²) < 4.78 is 11.1. The second-order valence-electron chi connectivity index (χ2n) is 7.95. The first-order valence-corrected chi connectivity index (χ1v) is 11.2. The summed E-state index contributed by atoms with van der Waals surface area (Å²) in [5.74, 6) is 1.16. The van der Waals surface area contributed by atoms with Gasteiger partial charge in [-0.3, -0.25) is 9.69 Å². The van der Waals surface area contributed by atoms with Crippen molar-refractivity contribution < 1.29 is 14.3 Å². The maximum atomic E-state index is 13.0. The van der Waals surface area contributed by atoms with E-state index in [0.717, 1.165) is 43.9 Å². The quantitative estimate of drug-likeness (QED) is 0.629. The lowest BCUT2D eigenvalue weighted by atomic mass is 9.96. The summed E-state index contributed by atoms with van der Waals surface area (Å²) in [6.07, 6.45) is 2.41. The summed E-state index contributed by atoms with van der Waals surface area (Å²) >= 11 is 1.73. The fourth-order valence-electron chi connectivity index (χ4n) is 3.75. The van der Waals surface area contributed by atoms with Gasteiger partial charge in [-0.25, -0.2) is 0 Å². The third kappa shape index (κ3) is 6.56. The van der Waals surface area contributed by atoms with Crippen molar-refractivity contribution in [2.24, 2.45) is 5.92 Å². The van der Waals surface area contributed by atoms with Gasteiger partial charge in [-0.1, -0.05) is 32.0 Å². The average molecular weight is 417 g/mol. The highest BCUT2D eigenvalue weighted by Gasteiger charge is 2.23. The van der Waals surface area contributed by atoms with Crippen molar-refractivity contribution in [2.45, 2.75) is 45.4 Å². The lowest BCUT2D eigenvalue weighted by molar-refractivity contribution is -0.123. The normalized spacial score (nSPS) is 17.6. The highest BCUT2D eigenvalue weighted by molar-refractivity contribution is 7.09. The van der Waals surface area contributed by atoms with E-state index < -0.39 is 0 Å². The molecule has 1 amide bonds. The number of rotatable bonds is 10. The number of ether oxygens (including phenoxy) is 2. The van der Waals surface area contributed by atoms with E-state index in [-0.39, 0.29) is 24.0 Å². The monoisotopic (exact) mass is 416 g/mol. The zero-order valence-corrected chi connectivity index (χ0v) is 18.4. The molecule has 1 aliphatic heterocycles. The summed E-state index contributed by atoms with van der Waals surface area (Å²) in [5, 5.41) is 5.33. The van der Waals surface area contributed by atoms with Crippen molar-refractivity contribution in [3.8, 4) is 5.75 Å². The number of methoxy groups -OCH3 is 1. The molecule has 0 aliphatic carbocycles. The van der Waals surface area contributed by atoms with Crippen LogP contribution in [0.4, 0.5) is 0 Å². The minimum Gasteiger partial charge on any atom is -0.497 e. The van der Waals surface area contributed by atoms with Gasteiger partial charge in [0.1, 0.15) is 5.75 Å². The van der Waals surface area contributed by atoms with E-state index in [1.54, 1.807) is 18.4 Å². The Morgan fingerprint density at radius 3 is 2.69 bits per heavy atom. The topological polar surface area (TPSA) is 50.8 Å². The van der Waals surface area contributed by atoms with Gasteiger partial charge < -0.3 is 14.8 Å². The van der Waals surface area contributed by atoms with Crippen molar-refractivity contribution in [3.05, 3.63) is 52.2 Å². The van der Waals surface area contributed by atoms with Gasteiger partial charge in [0.2, 0.25) is 5.91 Å². The van der Waals surface area contributed by atoms with Gasteiger partial charge in [-0.2, -0.15) is 0 Å². The van der Waals surface area contributed by atoms with Crippen LogP contribution in [-0.2, 0) is 16.1 Å². The zero-order chi connectivity index (χ0) is 20.6. The van der Waals surface area contributed by atoms with Gasteiger partial charge in [-0.05, 0) is 47.9 Å². The van der Waals surface area contributed by atoms with Gasteiger partial charge in [0.15, 0.2) is 0 Å². The van der Waals surface area contributed by atoms with Crippen LogP contribution in [0.5, 0.6) is 5.75 Å². The predicted octanol–water partition coefficient (Wildman–Crippen LogP) is 4.25. The van der Waals surface area contributed by atoms with Gasteiger partial charge in [0.05, 0.1) is 25.8 Å². The molecule has 0 bridgehead atoms. The van der Waals surface area contributed by atoms with E-state index in [1.165, 1.54) is 4.88 Å². The second-order valence-corrected chi connectivity index (χ2v) is 8.98. The Bertz CT molecular complexity index is 740. The minimum absolute atomic E-state index is 0.0280. The number of nitrogens with zero attached hydrogens (tertiary/aromatic N) is 1. The second kappa shape index (κ2) is 10.8. The molecule has 0 radical (unpaired) electrons. The third-order valence-electron chi connectivity index (χ3n) is 5.27. The van der Waals surface area contributed by atoms with E-state index >= 15 is 0 Å². The molecule has 1 saturated heterocycles. The molecule has 2 atom stereocenters. The lowest BCUT2D eigenvalue weighted by Crippen LogP contribution is -2.42. The SMILES string of the molecule is COc1ccc(C(NC(=O)CN(Cc2cccs2)CC2CCCO2)C(C)C)cc1. The van der Waals surface area contributed by atoms with Crippen LogP contribution in [0, 0.1) is 5.92 Å². The van der Waals surface area contributed by atoms with Gasteiger partial charge in [-0.15, -0.1) is 11.3 Å². The molecule has 29 heavy (non-hydrogen) atoms. The maximum absolute atomic E-state index is 13.0. The smallest absolute Gasteiger partial charge is 0.234 e. The first-order chi connectivity index (χ1) is 14.0. The summed E-state index contributed by atoms with van der Waals surface area (Å²) in [5.41, 5.74) is 1.10. The Labute approximate surface area is 178 Å². The van der Waals surface area contributed by atoms with Crippen molar-refractivity contribution in [2.75, 3.05) is 26.8 Å². The molecule has 2 unspecified atom stereocenters. The largest absolute Gasteiger partial charge is 0.497 e.